The molecule has 10 heteroatoms. The van der Waals surface area contributed by atoms with Crippen LogP contribution in [0.4, 0.5) is 5.69 Å². The van der Waals surface area contributed by atoms with Crippen LogP contribution in [0, 0.1) is 10.1 Å². The number of hydrogen-bond donors (Lipinski definition) is 0. The second kappa shape index (κ2) is 8.11. The van der Waals surface area contributed by atoms with E-state index in [1.807, 2.05) is 0 Å². The number of hydrogen-bond acceptors (Lipinski definition) is 7. The van der Waals surface area contributed by atoms with Gasteiger partial charge in [-0.25, -0.2) is 18.4 Å². The Balaban J connectivity index is 1.94. The Labute approximate surface area is 155 Å². The van der Waals surface area contributed by atoms with Crippen molar-refractivity contribution >= 4 is 27.5 Å². The normalized spacial score (nSPS) is 16.2. The highest BCUT2D eigenvalue weighted by Gasteiger charge is 2.28. The lowest BCUT2D eigenvalue weighted by Gasteiger charge is -2.20. The van der Waals surface area contributed by atoms with Gasteiger partial charge in [-0.05, 0) is 42.8 Å². The van der Waals surface area contributed by atoms with E-state index < -0.39 is 14.9 Å². The third-order valence-electron chi connectivity index (χ3n) is 4.07. The van der Waals surface area contributed by atoms with E-state index in [0.717, 1.165) is 43.5 Å². The van der Waals surface area contributed by atoms with E-state index in [9.17, 15) is 18.5 Å². The third kappa shape index (κ3) is 4.19. The predicted molar refractivity (Wildman–Crippen MR) is 96.5 cm³/mol. The van der Waals surface area contributed by atoms with Gasteiger partial charge in [0.15, 0.2) is 5.16 Å². The highest BCUT2D eigenvalue weighted by Crippen LogP contribution is 2.35. The number of nitrogens with zero attached hydrogens (tertiary/aromatic N) is 4. The summed E-state index contributed by atoms with van der Waals surface area (Å²) in [6.07, 6.45) is 6.69. The molecule has 0 amide bonds. The monoisotopic (exact) mass is 394 g/mol. The molecule has 0 unspecified atom stereocenters. The Bertz CT molecular complexity index is 882. The molecule has 1 aromatic heterocycles. The van der Waals surface area contributed by atoms with Crippen molar-refractivity contribution in [3.05, 3.63) is 46.8 Å². The molecule has 1 saturated heterocycles. The number of sulfonamides is 1. The molecular weight excluding hydrogens is 376 g/mol. The van der Waals surface area contributed by atoms with E-state index in [4.69, 9.17) is 0 Å². The number of nitro benzene ring substituents is 1. The maximum absolute atomic E-state index is 12.9. The topological polar surface area (TPSA) is 106 Å². The van der Waals surface area contributed by atoms with Gasteiger partial charge < -0.3 is 0 Å². The summed E-state index contributed by atoms with van der Waals surface area (Å²) in [5.41, 5.74) is -0.265. The fourth-order valence-corrected chi connectivity index (χ4v) is 5.09. The van der Waals surface area contributed by atoms with Crippen molar-refractivity contribution in [1.29, 1.82) is 0 Å². The second-order valence-corrected chi connectivity index (χ2v) is 8.79. The lowest BCUT2D eigenvalue weighted by molar-refractivity contribution is -0.388. The van der Waals surface area contributed by atoms with Gasteiger partial charge in [0.25, 0.3) is 5.69 Å². The molecule has 2 aromatic rings. The van der Waals surface area contributed by atoms with Crippen LogP contribution in [0.25, 0.3) is 0 Å². The summed E-state index contributed by atoms with van der Waals surface area (Å²) in [6, 6.07) is 5.64. The highest BCUT2D eigenvalue weighted by molar-refractivity contribution is 7.99. The highest BCUT2D eigenvalue weighted by atomic mass is 32.2. The summed E-state index contributed by atoms with van der Waals surface area (Å²) in [5, 5.41) is 11.8. The van der Waals surface area contributed by atoms with Crippen molar-refractivity contribution in [2.24, 2.45) is 0 Å². The molecule has 3 rings (SSSR count). The van der Waals surface area contributed by atoms with Crippen LogP contribution in [0.5, 0.6) is 0 Å². The summed E-state index contributed by atoms with van der Waals surface area (Å²) in [6.45, 7) is 0.898. The number of nitro groups is 1. The SMILES string of the molecule is O=[N+]([O-])c1cc(S(=O)(=O)N2CCCCCC2)ccc1Sc1ncccn1. The summed E-state index contributed by atoms with van der Waals surface area (Å²) >= 11 is 1.03. The van der Waals surface area contributed by atoms with Gasteiger partial charge in [-0.15, -0.1) is 0 Å². The molecular formula is C16H18N4O4S2. The Morgan fingerprint density at radius 2 is 1.73 bits per heavy atom. The number of rotatable bonds is 5. The van der Waals surface area contributed by atoms with Crippen LogP contribution in [0.3, 0.4) is 0 Å². The van der Waals surface area contributed by atoms with E-state index >= 15 is 0 Å². The minimum Gasteiger partial charge on any atom is -0.258 e. The summed E-state index contributed by atoms with van der Waals surface area (Å²) in [4.78, 5) is 19.2. The van der Waals surface area contributed by atoms with Crippen LogP contribution in [-0.2, 0) is 10.0 Å². The summed E-state index contributed by atoms with van der Waals surface area (Å²) < 4.78 is 27.1. The molecule has 0 radical (unpaired) electrons. The first-order chi connectivity index (χ1) is 12.5. The van der Waals surface area contributed by atoms with Gasteiger partial charge >= 0.3 is 0 Å². The van der Waals surface area contributed by atoms with Gasteiger partial charge in [0.05, 0.1) is 14.7 Å². The van der Waals surface area contributed by atoms with E-state index in [-0.39, 0.29) is 10.6 Å². The molecule has 0 N–H and O–H groups in total. The first-order valence-electron chi connectivity index (χ1n) is 8.22. The number of benzene rings is 1. The van der Waals surface area contributed by atoms with E-state index in [1.165, 1.54) is 16.4 Å². The molecule has 0 saturated carbocycles. The Morgan fingerprint density at radius 3 is 2.35 bits per heavy atom. The predicted octanol–water partition coefficient (Wildman–Crippen LogP) is 3.10. The maximum atomic E-state index is 12.9. The zero-order valence-electron chi connectivity index (χ0n) is 13.9. The summed E-state index contributed by atoms with van der Waals surface area (Å²) in [7, 11) is -3.74. The largest absolute Gasteiger partial charge is 0.284 e. The maximum Gasteiger partial charge on any atom is 0.284 e. The minimum absolute atomic E-state index is 0.0515. The van der Waals surface area contributed by atoms with E-state index in [2.05, 4.69) is 9.97 Å². The molecule has 2 heterocycles. The average Bonchev–Trinajstić information content (AvgIpc) is 2.92. The van der Waals surface area contributed by atoms with Crippen LogP contribution in [0.15, 0.2) is 51.6 Å². The molecule has 138 valence electrons. The number of aromatic nitrogens is 2. The third-order valence-corrected chi connectivity index (χ3v) is 6.93. The quantitative estimate of drug-likeness (QED) is 0.436. The zero-order chi connectivity index (χ0) is 18.6. The van der Waals surface area contributed by atoms with Gasteiger partial charge in [0.1, 0.15) is 0 Å². The van der Waals surface area contributed by atoms with Crippen LogP contribution < -0.4 is 0 Å². The zero-order valence-corrected chi connectivity index (χ0v) is 15.6. The van der Waals surface area contributed by atoms with Crippen molar-refractivity contribution in [2.45, 2.75) is 40.6 Å². The lowest BCUT2D eigenvalue weighted by atomic mass is 10.2. The Morgan fingerprint density at radius 1 is 1.08 bits per heavy atom. The molecule has 8 nitrogen and oxygen atoms in total. The standard InChI is InChI=1S/C16H18N4O4S2/c21-20(22)14-12-13(26(23,24)19-10-3-1-2-4-11-19)6-7-15(14)25-16-17-8-5-9-18-16/h5-9,12H,1-4,10-11H2. The lowest BCUT2D eigenvalue weighted by Crippen LogP contribution is -2.31. The molecule has 1 aromatic carbocycles. The second-order valence-electron chi connectivity index (χ2n) is 5.84. The fourth-order valence-electron chi connectivity index (χ4n) is 2.75. The first-order valence-corrected chi connectivity index (χ1v) is 10.5. The Kier molecular flexibility index (Phi) is 5.84. The molecule has 1 aliphatic heterocycles. The van der Waals surface area contributed by atoms with Crippen LogP contribution in [-0.4, -0.2) is 40.7 Å². The van der Waals surface area contributed by atoms with Gasteiger partial charge in [0.2, 0.25) is 10.0 Å². The van der Waals surface area contributed by atoms with Gasteiger partial charge in [0, 0.05) is 31.5 Å². The molecule has 0 bridgehead atoms. The van der Waals surface area contributed by atoms with E-state index in [0.29, 0.717) is 23.1 Å². The van der Waals surface area contributed by atoms with Crippen LogP contribution in [0.2, 0.25) is 0 Å². The van der Waals surface area contributed by atoms with Gasteiger partial charge in [-0.2, -0.15) is 4.31 Å². The first kappa shape index (κ1) is 18.7. The molecule has 0 spiro atoms. The van der Waals surface area contributed by atoms with Crippen molar-refractivity contribution in [2.75, 3.05) is 13.1 Å². The average molecular weight is 394 g/mol. The van der Waals surface area contributed by atoms with E-state index in [1.54, 1.807) is 18.5 Å². The van der Waals surface area contributed by atoms with Gasteiger partial charge in [-0.1, -0.05) is 12.8 Å². The molecule has 26 heavy (non-hydrogen) atoms. The fraction of sp³-hybridized carbons (Fsp3) is 0.375. The smallest absolute Gasteiger partial charge is 0.258 e. The molecule has 1 aliphatic rings. The molecule has 0 atom stereocenters. The van der Waals surface area contributed by atoms with Crippen molar-refractivity contribution in [1.82, 2.24) is 14.3 Å². The minimum atomic E-state index is -3.74. The van der Waals surface area contributed by atoms with Gasteiger partial charge in [-0.3, -0.25) is 10.1 Å². The molecule has 1 fully saturated rings. The Hall–Kier alpha value is -2.04. The van der Waals surface area contributed by atoms with Crippen LogP contribution in [0.1, 0.15) is 25.7 Å². The van der Waals surface area contributed by atoms with Crippen LogP contribution >= 0.6 is 11.8 Å². The van der Waals surface area contributed by atoms with Crippen molar-refractivity contribution < 1.29 is 13.3 Å². The van der Waals surface area contributed by atoms with Crippen molar-refractivity contribution in [3.63, 3.8) is 0 Å². The molecule has 0 aliphatic carbocycles. The van der Waals surface area contributed by atoms with Crippen molar-refractivity contribution in [3.8, 4) is 0 Å². The summed E-state index contributed by atoms with van der Waals surface area (Å²) in [5.74, 6) is 0.